The van der Waals surface area contributed by atoms with E-state index in [0.717, 1.165) is 0 Å². The molecule has 0 aromatic heterocycles. The molecule has 118 valence electrons. The van der Waals surface area contributed by atoms with Gasteiger partial charge in [-0.15, -0.1) is 0 Å². The van der Waals surface area contributed by atoms with Gasteiger partial charge < -0.3 is 9.47 Å². The summed E-state index contributed by atoms with van der Waals surface area (Å²) in [6, 6.07) is 29.6. The molecule has 0 aliphatic rings. The lowest BCUT2D eigenvalue weighted by Crippen LogP contribution is -1.87. The van der Waals surface area contributed by atoms with Crippen molar-refractivity contribution in [3.05, 3.63) is 84.9 Å². The number of methoxy groups -OCH3 is 2. The minimum Gasteiger partial charge on any atom is -0.359 e. The fourth-order valence-electron chi connectivity index (χ4n) is 2.23. The van der Waals surface area contributed by atoms with E-state index in [4.69, 9.17) is 0 Å². The van der Waals surface area contributed by atoms with Crippen LogP contribution in [-0.2, 0) is 9.47 Å². The Morgan fingerprint density at radius 2 is 0.783 bits per heavy atom. The van der Waals surface area contributed by atoms with Crippen molar-refractivity contribution >= 4 is 0 Å². The summed E-state index contributed by atoms with van der Waals surface area (Å²) in [6.07, 6.45) is 0. The third kappa shape index (κ3) is 5.37. The number of ether oxygens (including phenoxy) is 2. The quantitative estimate of drug-likeness (QED) is 0.612. The topological polar surface area (TPSA) is 18.5 Å². The zero-order chi connectivity index (χ0) is 16.3. The van der Waals surface area contributed by atoms with Crippen molar-refractivity contribution in [1.82, 2.24) is 0 Å². The number of benzene rings is 3. The van der Waals surface area contributed by atoms with E-state index in [2.05, 4.69) is 82.3 Å². The van der Waals surface area contributed by atoms with Crippen LogP contribution in [0, 0.1) is 0 Å². The van der Waals surface area contributed by atoms with E-state index in [1.807, 2.05) is 12.1 Å². The van der Waals surface area contributed by atoms with Crippen LogP contribution in [-0.4, -0.2) is 21.0 Å². The van der Waals surface area contributed by atoms with E-state index in [1.165, 1.54) is 22.3 Å². The van der Waals surface area contributed by atoms with Crippen molar-refractivity contribution in [3.8, 4) is 22.3 Å². The molecule has 0 saturated carbocycles. The molecule has 3 aromatic carbocycles. The van der Waals surface area contributed by atoms with Gasteiger partial charge in [0, 0.05) is 14.2 Å². The Bertz CT molecular complexity index is 601. The van der Waals surface area contributed by atoms with Gasteiger partial charge in [0.25, 0.3) is 0 Å². The number of hydrogen-bond acceptors (Lipinski definition) is 2. The molecule has 0 radical (unpaired) electrons. The van der Waals surface area contributed by atoms with E-state index in [-0.39, 0.29) is 0 Å². The second-order valence-corrected chi connectivity index (χ2v) is 5.00. The molecule has 3 aromatic rings. The van der Waals surface area contributed by atoms with Gasteiger partial charge in [0.05, 0.1) is 0 Å². The Morgan fingerprint density at radius 3 is 1.04 bits per heavy atom. The maximum absolute atomic E-state index is 4.47. The van der Waals surface area contributed by atoms with Crippen LogP contribution in [0.5, 0.6) is 0 Å². The van der Waals surface area contributed by atoms with E-state index in [0.29, 0.717) is 6.79 Å². The van der Waals surface area contributed by atoms with Crippen LogP contribution in [0.15, 0.2) is 84.9 Å². The smallest absolute Gasteiger partial charge is 0.145 e. The van der Waals surface area contributed by atoms with Gasteiger partial charge in [-0.3, -0.25) is 0 Å². The van der Waals surface area contributed by atoms with Crippen molar-refractivity contribution in [2.45, 2.75) is 0 Å². The number of hydrogen-bond donors (Lipinski definition) is 0. The molecule has 0 fully saturated rings. The standard InChI is InChI=1S/C18H14.C3H8O2/c1-3-7-15(8-4-1)17-11-13-18(14-12-17)16-9-5-2-6-10-16;1-4-3-5-2/h1-14H;3H2,1-2H3. The van der Waals surface area contributed by atoms with E-state index >= 15 is 0 Å². The second kappa shape index (κ2) is 9.57. The van der Waals surface area contributed by atoms with Crippen LogP contribution in [0.2, 0.25) is 0 Å². The molecule has 0 unspecified atom stereocenters. The van der Waals surface area contributed by atoms with Gasteiger partial charge in [0.15, 0.2) is 0 Å². The third-order valence-electron chi connectivity index (χ3n) is 3.33. The summed E-state index contributed by atoms with van der Waals surface area (Å²) in [4.78, 5) is 0. The molecule has 2 nitrogen and oxygen atoms in total. The summed E-state index contributed by atoms with van der Waals surface area (Å²) in [5, 5.41) is 0. The van der Waals surface area contributed by atoms with E-state index in [1.54, 1.807) is 14.2 Å². The minimum absolute atomic E-state index is 0.389. The van der Waals surface area contributed by atoms with Crippen LogP contribution in [0.4, 0.5) is 0 Å². The van der Waals surface area contributed by atoms with Crippen LogP contribution in [0.3, 0.4) is 0 Å². The molecule has 2 heteroatoms. The minimum atomic E-state index is 0.389. The average Bonchev–Trinajstić information content (AvgIpc) is 2.65. The first-order valence-corrected chi connectivity index (χ1v) is 7.54. The molecule has 0 atom stereocenters. The van der Waals surface area contributed by atoms with Gasteiger partial charge in [-0.25, -0.2) is 0 Å². The fraction of sp³-hybridized carbons (Fsp3) is 0.143. The maximum atomic E-state index is 4.47. The van der Waals surface area contributed by atoms with Crippen LogP contribution in [0.25, 0.3) is 22.3 Å². The Balaban J connectivity index is 0.000000338. The summed E-state index contributed by atoms with van der Waals surface area (Å²) in [5.41, 5.74) is 5.04. The highest BCUT2D eigenvalue weighted by molar-refractivity contribution is 5.70. The summed E-state index contributed by atoms with van der Waals surface area (Å²) >= 11 is 0. The highest BCUT2D eigenvalue weighted by atomic mass is 16.6. The largest absolute Gasteiger partial charge is 0.359 e. The molecule has 0 saturated heterocycles. The van der Waals surface area contributed by atoms with Crippen LogP contribution >= 0.6 is 0 Å². The molecular formula is C21H22O2. The van der Waals surface area contributed by atoms with E-state index < -0.39 is 0 Å². The highest BCUT2D eigenvalue weighted by Gasteiger charge is 1.98. The van der Waals surface area contributed by atoms with Crippen molar-refractivity contribution in [2.75, 3.05) is 21.0 Å². The average molecular weight is 306 g/mol. The van der Waals surface area contributed by atoms with Gasteiger partial charge in [-0.2, -0.15) is 0 Å². The second-order valence-electron chi connectivity index (χ2n) is 5.00. The molecular weight excluding hydrogens is 284 g/mol. The molecule has 0 amide bonds. The summed E-state index contributed by atoms with van der Waals surface area (Å²) < 4.78 is 8.94. The Hall–Kier alpha value is -2.42. The van der Waals surface area contributed by atoms with Crippen molar-refractivity contribution in [2.24, 2.45) is 0 Å². The maximum Gasteiger partial charge on any atom is 0.145 e. The summed E-state index contributed by atoms with van der Waals surface area (Å²) in [6.45, 7) is 0.389. The predicted octanol–water partition coefficient (Wildman–Crippen LogP) is 5.26. The molecule has 0 spiro atoms. The van der Waals surface area contributed by atoms with E-state index in [9.17, 15) is 0 Å². The monoisotopic (exact) mass is 306 g/mol. The van der Waals surface area contributed by atoms with Gasteiger partial charge >= 0.3 is 0 Å². The van der Waals surface area contributed by atoms with Gasteiger partial charge in [0.1, 0.15) is 6.79 Å². The number of rotatable bonds is 4. The molecule has 0 N–H and O–H groups in total. The third-order valence-corrected chi connectivity index (χ3v) is 3.33. The van der Waals surface area contributed by atoms with Gasteiger partial charge in [0.2, 0.25) is 0 Å². The predicted molar refractivity (Wildman–Crippen MR) is 96.2 cm³/mol. The summed E-state index contributed by atoms with van der Waals surface area (Å²) in [5.74, 6) is 0. The van der Waals surface area contributed by atoms with Crippen molar-refractivity contribution < 1.29 is 9.47 Å². The Labute approximate surface area is 138 Å². The lowest BCUT2D eigenvalue weighted by molar-refractivity contribution is -0.00271. The zero-order valence-corrected chi connectivity index (χ0v) is 13.6. The molecule has 0 aliphatic carbocycles. The molecule has 0 aliphatic heterocycles. The van der Waals surface area contributed by atoms with Crippen LogP contribution < -0.4 is 0 Å². The lowest BCUT2D eigenvalue weighted by atomic mass is 10.0. The first-order chi connectivity index (χ1) is 11.3. The SMILES string of the molecule is COCOC.c1ccc(-c2ccc(-c3ccccc3)cc2)cc1. The lowest BCUT2D eigenvalue weighted by Gasteiger charge is -2.04. The van der Waals surface area contributed by atoms with Crippen molar-refractivity contribution in [3.63, 3.8) is 0 Å². The molecule has 0 heterocycles. The first kappa shape index (κ1) is 16.9. The first-order valence-electron chi connectivity index (χ1n) is 7.54. The zero-order valence-electron chi connectivity index (χ0n) is 13.6. The highest BCUT2D eigenvalue weighted by Crippen LogP contribution is 2.24. The van der Waals surface area contributed by atoms with Gasteiger partial charge in [-0.05, 0) is 22.3 Å². The Kier molecular flexibility index (Phi) is 7.05. The molecule has 3 rings (SSSR count). The van der Waals surface area contributed by atoms with Gasteiger partial charge in [-0.1, -0.05) is 84.9 Å². The normalized spacial score (nSPS) is 9.83. The summed E-state index contributed by atoms with van der Waals surface area (Å²) in [7, 11) is 3.17. The van der Waals surface area contributed by atoms with Crippen molar-refractivity contribution in [1.29, 1.82) is 0 Å². The Morgan fingerprint density at radius 1 is 0.478 bits per heavy atom. The van der Waals surface area contributed by atoms with Crippen LogP contribution in [0.1, 0.15) is 0 Å². The molecule has 0 bridgehead atoms. The fourth-order valence-corrected chi connectivity index (χ4v) is 2.23. The molecule has 23 heavy (non-hydrogen) atoms.